The molecule has 0 fully saturated rings. The average Bonchev–Trinajstić information content (AvgIpc) is 2.79. The quantitative estimate of drug-likeness (QED) is 0.861. The van der Waals surface area contributed by atoms with E-state index in [9.17, 15) is 9.59 Å². The number of nitrogens with zero attached hydrogens (tertiary/aromatic N) is 1. The van der Waals surface area contributed by atoms with Gasteiger partial charge in [-0.1, -0.05) is 11.6 Å². The van der Waals surface area contributed by atoms with Gasteiger partial charge in [0.15, 0.2) is 6.29 Å². The maximum atomic E-state index is 11.8. The maximum Gasteiger partial charge on any atom is 0.244 e. The Balaban J connectivity index is 2.01. The number of hydrogen-bond donors (Lipinski definition) is 1. The summed E-state index contributed by atoms with van der Waals surface area (Å²) in [6.45, 7) is 0.101. The highest BCUT2D eigenvalue weighted by Crippen LogP contribution is 2.13. The number of halogens is 1. The Bertz CT molecular complexity index is 561. The van der Waals surface area contributed by atoms with Crippen molar-refractivity contribution >= 4 is 29.5 Å². The van der Waals surface area contributed by atoms with Crippen LogP contribution >= 0.6 is 11.6 Å². The monoisotopic (exact) mass is 262 g/mol. The van der Waals surface area contributed by atoms with Gasteiger partial charge in [0.1, 0.15) is 6.54 Å². The number of rotatable bonds is 4. The van der Waals surface area contributed by atoms with E-state index in [4.69, 9.17) is 11.6 Å². The van der Waals surface area contributed by atoms with Crippen LogP contribution in [0.5, 0.6) is 0 Å². The second-order valence-corrected chi connectivity index (χ2v) is 4.17. The second kappa shape index (κ2) is 5.51. The number of amides is 1. The highest BCUT2D eigenvalue weighted by atomic mass is 35.5. The summed E-state index contributed by atoms with van der Waals surface area (Å²) in [5.74, 6) is -0.198. The van der Waals surface area contributed by atoms with Gasteiger partial charge in [0, 0.05) is 16.9 Å². The first kappa shape index (κ1) is 12.4. The zero-order valence-electron chi connectivity index (χ0n) is 9.47. The lowest BCUT2D eigenvalue weighted by Gasteiger charge is -2.07. The van der Waals surface area contributed by atoms with Gasteiger partial charge in [0.25, 0.3) is 0 Å². The van der Waals surface area contributed by atoms with E-state index in [1.807, 2.05) is 0 Å². The lowest BCUT2D eigenvalue weighted by atomic mass is 10.3. The first-order chi connectivity index (χ1) is 8.69. The molecule has 2 aromatic rings. The lowest BCUT2D eigenvalue weighted by molar-refractivity contribution is -0.116. The Morgan fingerprint density at radius 3 is 2.67 bits per heavy atom. The van der Waals surface area contributed by atoms with Crippen LogP contribution in [0, 0.1) is 0 Å². The summed E-state index contributed by atoms with van der Waals surface area (Å²) in [6, 6.07) is 10.2. The summed E-state index contributed by atoms with van der Waals surface area (Å²) in [5.41, 5.74) is 1.14. The Kier molecular flexibility index (Phi) is 3.79. The molecule has 0 aliphatic heterocycles. The normalized spacial score (nSPS) is 10.1. The van der Waals surface area contributed by atoms with Crippen molar-refractivity contribution in [2.45, 2.75) is 6.54 Å². The number of anilines is 1. The Morgan fingerprint density at radius 2 is 2.00 bits per heavy atom. The van der Waals surface area contributed by atoms with Gasteiger partial charge < -0.3 is 9.88 Å². The molecule has 0 aliphatic carbocycles. The first-order valence-corrected chi connectivity index (χ1v) is 5.72. The van der Waals surface area contributed by atoms with Gasteiger partial charge in [0.05, 0.1) is 5.69 Å². The van der Waals surface area contributed by atoms with Crippen molar-refractivity contribution in [2.24, 2.45) is 0 Å². The number of aldehydes is 1. The molecule has 0 bridgehead atoms. The van der Waals surface area contributed by atoms with Crippen LogP contribution in [-0.4, -0.2) is 16.8 Å². The van der Waals surface area contributed by atoms with Crippen molar-refractivity contribution < 1.29 is 9.59 Å². The molecule has 5 heteroatoms. The van der Waals surface area contributed by atoms with Crippen molar-refractivity contribution in [1.82, 2.24) is 4.57 Å². The van der Waals surface area contributed by atoms with Crippen LogP contribution in [-0.2, 0) is 11.3 Å². The van der Waals surface area contributed by atoms with Gasteiger partial charge in [-0.15, -0.1) is 0 Å². The Hall–Kier alpha value is -2.07. The smallest absolute Gasteiger partial charge is 0.244 e. The van der Waals surface area contributed by atoms with Gasteiger partial charge in [0.2, 0.25) is 5.91 Å². The summed E-state index contributed by atoms with van der Waals surface area (Å²) < 4.78 is 1.58. The number of carbonyl (C=O) groups is 2. The number of aromatic nitrogens is 1. The molecule has 92 valence electrons. The summed E-state index contributed by atoms with van der Waals surface area (Å²) >= 11 is 5.75. The Morgan fingerprint density at radius 1 is 1.28 bits per heavy atom. The van der Waals surface area contributed by atoms with Crippen molar-refractivity contribution in [3.63, 3.8) is 0 Å². The van der Waals surface area contributed by atoms with Gasteiger partial charge in [-0.05, 0) is 36.4 Å². The highest BCUT2D eigenvalue weighted by Gasteiger charge is 2.06. The third-order valence-corrected chi connectivity index (χ3v) is 2.68. The fourth-order valence-electron chi connectivity index (χ4n) is 1.57. The van der Waals surface area contributed by atoms with Crippen molar-refractivity contribution in [3.8, 4) is 0 Å². The molecule has 4 nitrogen and oxygen atoms in total. The van der Waals surface area contributed by atoms with Gasteiger partial charge in [-0.25, -0.2) is 0 Å². The molecule has 1 amide bonds. The molecule has 0 saturated heterocycles. The predicted octanol–water partition coefficient (Wildman–Crippen LogP) is 2.59. The molecule has 18 heavy (non-hydrogen) atoms. The SMILES string of the molecule is O=Cc1cccn1CC(=O)Nc1ccc(Cl)cc1. The molecule has 0 saturated carbocycles. The number of benzene rings is 1. The van der Waals surface area contributed by atoms with Crippen LogP contribution in [0.25, 0.3) is 0 Å². The number of nitrogens with one attached hydrogen (secondary N) is 1. The van der Waals surface area contributed by atoms with Gasteiger partial charge in [-0.3, -0.25) is 9.59 Å². The minimum absolute atomic E-state index is 0.101. The van der Waals surface area contributed by atoms with E-state index in [1.165, 1.54) is 0 Å². The third kappa shape index (κ3) is 2.99. The second-order valence-electron chi connectivity index (χ2n) is 3.73. The van der Waals surface area contributed by atoms with Crippen LogP contribution in [0.15, 0.2) is 42.6 Å². The summed E-state index contributed by atoms with van der Waals surface area (Å²) in [4.78, 5) is 22.5. The zero-order chi connectivity index (χ0) is 13.0. The predicted molar refractivity (Wildman–Crippen MR) is 69.9 cm³/mol. The van der Waals surface area contributed by atoms with E-state index >= 15 is 0 Å². The van der Waals surface area contributed by atoms with Crippen LogP contribution in [0.2, 0.25) is 5.02 Å². The summed E-state index contributed by atoms with van der Waals surface area (Å²) in [5, 5.41) is 3.34. The van der Waals surface area contributed by atoms with Crippen molar-refractivity contribution in [3.05, 3.63) is 53.3 Å². The molecule has 0 atom stereocenters. The molecular formula is C13H11ClN2O2. The zero-order valence-corrected chi connectivity index (χ0v) is 10.2. The van der Waals surface area contributed by atoms with Crippen LogP contribution < -0.4 is 5.32 Å². The van der Waals surface area contributed by atoms with Gasteiger partial charge >= 0.3 is 0 Å². The van der Waals surface area contributed by atoms with E-state index in [-0.39, 0.29) is 12.5 Å². The van der Waals surface area contributed by atoms with E-state index < -0.39 is 0 Å². The van der Waals surface area contributed by atoms with Crippen molar-refractivity contribution in [1.29, 1.82) is 0 Å². The summed E-state index contributed by atoms with van der Waals surface area (Å²) in [6.07, 6.45) is 2.40. The lowest BCUT2D eigenvalue weighted by Crippen LogP contribution is -2.19. The minimum Gasteiger partial charge on any atom is -0.336 e. The molecular weight excluding hydrogens is 252 g/mol. The number of hydrogen-bond acceptors (Lipinski definition) is 2. The van der Waals surface area contributed by atoms with Gasteiger partial charge in [-0.2, -0.15) is 0 Å². The standard InChI is InChI=1S/C13H11ClN2O2/c14-10-3-5-11(6-4-10)15-13(18)8-16-7-1-2-12(16)9-17/h1-7,9H,8H2,(H,15,18). The number of carbonyl (C=O) groups excluding carboxylic acids is 2. The van der Waals surface area contributed by atoms with Crippen LogP contribution in [0.1, 0.15) is 10.5 Å². The third-order valence-electron chi connectivity index (χ3n) is 2.43. The molecule has 1 aromatic heterocycles. The fraction of sp³-hybridized carbons (Fsp3) is 0.0769. The molecule has 1 heterocycles. The molecule has 0 spiro atoms. The van der Waals surface area contributed by atoms with E-state index in [0.717, 1.165) is 6.29 Å². The average molecular weight is 263 g/mol. The highest BCUT2D eigenvalue weighted by molar-refractivity contribution is 6.30. The summed E-state index contributed by atoms with van der Waals surface area (Å²) in [7, 11) is 0. The fourth-order valence-corrected chi connectivity index (χ4v) is 1.69. The largest absolute Gasteiger partial charge is 0.336 e. The topological polar surface area (TPSA) is 51.1 Å². The molecule has 0 aliphatic rings. The molecule has 1 aromatic carbocycles. The molecule has 1 N–H and O–H groups in total. The molecule has 2 rings (SSSR count). The van der Waals surface area contributed by atoms with E-state index in [2.05, 4.69) is 5.32 Å². The van der Waals surface area contributed by atoms with E-state index in [0.29, 0.717) is 16.4 Å². The molecule has 0 radical (unpaired) electrons. The van der Waals surface area contributed by atoms with Crippen molar-refractivity contribution in [2.75, 3.05) is 5.32 Å². The van der Waals surface area contributed by atoms with Crippen LogP contribution in [0.4, 0.5) is 5.69 Å². The maximum absolute atomic E-state index is 11.8. The molecule has 0 unspecified atom stereocenters. The minimum atomic E-state index is -0.198. The van der Waals surface area contributed by atoms with E-state index in [1.54, 1.807) is 47.2 Å². The first-order valence-electron chi connectivity index (χ1n) is 5.35. The Labute approximate surface area is 109 Å². The van der Waals surface area contributed by atoms with Crippen LogP contribution in [0.3, 0.4) is 0 Å².